The van der Waals surface area contributed by atoms with Crippen LogP contribution in [0.4, 0.5) is 0 Å². The van der Waals surface area contributed by atoms with Gasteiger partial charge in [-0.1, -0.05) is 118 Å². The van der Waals surface area contributed by atoms with Crippen LogP contribution in [0.25, 0.3) is 0 Å². The first-order valence-electron chi connectivity index (χ1n) is 18.7. The molecule has 0 heterocycles. The zero-order valence-electron chi connectivity index (χ0n) is 32.1. The molecule has 0 aromatic heterocycles. The van der Waals surface area contributed by atoms with E-state index in [-0.39, 0.29) is 23.2 Å². The zero-order chi connectivity index (χ0) is 37.6. The molecule has 7 nitrogen and oxygen atoms in total. The van der Waals surface area contributed by atoms with Gasteiger partial charge in [-0.25, -0.2) is 0 Å². The van der Waals surface area contributed by atoms with Gasteiger partial charge in [0.05, 0.1) is 25.9 Å². The van der Waals surface area contributed by atoms with E-state index in [4.69, 9.17) is 23.4 Å². The molecular formula is C44H58O7Si. The summed E-state index contributed by atoms with van der Waals surface area (Å²) in [4.78, 5) is 23.9. The lowest BCUT2D eigenvalue weighted by Gasteiger charge is -2.46. The van der Waals surface area contributed by atoms with E-state index in [1.807, 2.05) is 42.5 Å². The summed E-state index contributed by atoms with van der Waals surface area (Å²) in [5, 5.41) is 2.15. The largest absolute Gasteiger partial charge is 0.497 e. The van der Waals surface area contributed by atoms with Gasteiger partial charge in [-0.05, 0) is 90.0 Å². The molecule has 0 bridgehead atoms. The number of methoxy groups -OCH3 is 1. The Morgan fingerprint density at radius 2 is 1.44 bits per heavy atom. The third-order valence-electron chi connectivity index (χ3n) is 9.86. The highest BCUT2D eigenvalue weighted by molar-refractivity contribution is 6.99. The van der Waals surface area contributed by atoms with Gasteiger partial charge in [-0.2, -0.15) is 0 Å². The van der Waals surface area contributed by atoms with Gasteiger partial charge in [0, 0.05) is 13.8 Å². The summed E-state index contributed by atoms with van der Waals surface area (Å²) in [6.07, 6.45) is 13.2. The Balaban J connectivity index is 1.56. The maximum absolute atomic E-state index is 12.0. The summed E-state index contributed by atoms with van der Waals surface area (Å²) in [5.41, 5.74) is 1.13. The minimum absolute atomic E-state index is 0.159. The normalized spacial score (nSPS) is 17.8. The molecule has 3 aromatic carbocycles. The molecule has 4 atom stereocenters. The molecule has 4 rings (SSSR count). The summed E-state index contributed by atoms with van der Waals surface area (Å²) in [6.45, 7) is 12.2. The Kier molecular flexibility index (Phi) is 15.5. The van der Waals surface area contributed by atoms with Crippen molar-refractivity contribution in [2.45, 2.75) is 110 Å². The molecule has 3 aromatic rings. The smallest absolute Gasteiger partial charge is 0.305 e. The standard InChI is InChI=1S/C44H58O7Si/c1-33(48-32-36-26-28-38(47-7)29-27-36)18-11-8-12-19-37-20-17-25-41(37)42(30-31-43(49-34(2)45)50-35(3)46)51-52(44(4,5)6,39-21-13-9-14-22-39)40-23-15-10-16-24-40/h9-10,12-16,19,21-24,26-31,33,37,41-43H,8,11,17-18,20,25,32H2,1-7H3/b19-12+,31-30+/t33-,37+,41+,42+/m0/s1. The molecule has 0 radical (unpaired) electrons. The summed E-state index contributed by atoms with van der Waals surface area (Å²) in [6, 6.07) is 29.2. The summed E-state index contributed by atoms with van der Waals surface area (Å²) >= 11 is 0. The van der Waals surface area contributed by atoms with Gasteiger partial charge in [0.15, 0.2) is 0 Å². The van der Waals surface area contributed by atoms with Crippen LogP contribution in [-0.2, 0) is 34.8 Å². The van der Waals surface area contributed by atoms with E-state index < -0.39 is 26.5 Å². The summed E-state index contributed by atoms with van der Waals surface area (Å²) in [7, 11) is -1.28. The van der Waals surface area contributed by atoms with Crippen molar-refractivity contribution < 1.29 is 33.0 Å². The van der Waals surface area contributed by atoms with Gasteiger partial charge in [0.1, 0.15) is 5.75 Å². The average Bonchev–Trinajstić information content (AvgIpc) is 3.59. The van der Waals surface area contributed by atoms with E-state index in [0.717, 1.165) is 49.8 Å². The third-order valence-corrected chi connectivity index (χ3v) is 14.9. The predicted octanol–water partition coefficient (Wildman–Crippen LogP) is 8.70. The molecule has 1 aliphatic rings. The lowest BCUT2D eigenvalue weighted by atomic mass is 9.89. The Morgan fingerprint density at radius 1 is 0.846 bits per heavy atom. The van der Waals surface area contributed by atoms with Gasteiger partial charge in [0.2, 0.25) is 0 Å². The first-order valence-corrected chi connectivity index (χ1v) is 20.6. The van der Waals surface area contributed by atoms with Crippen LogP contribution in [0.5, 0.6) is 5.75 Å². The van der Waals surface area contributed by atoms with E-state index in [1.54, 1.807) is 13.2 Å². The molecule has 1 aliphatic carbocycles. The van der Waals surface area contributed by atoms with Crippen LogP contribution < -0.4 is 15.1 Å². The first kappa shape index (κ1) is 40.8. The molecule has 0 amide bonds. The first-order chi connectivity index (χ1) is 24.9. The number of allylic oxidation sites excluding steroid dienone is 2. The van der Waals surface area contributed by atoms with Gasteiger partial charge in [-0.3, -0.25) is 9.59 Å². The Labute approximate surface area is 312 Å². The van der Waals surface area contributed by atoms with Crippen molar-refractivity contribution in [3.05, 3.63) is 115 Å². The van der Waals surface area contributed by atoms with Crippen LogP contribution in [0.1, 0.15) is 85.6 Å². The quantitative estimate of drug-likeness (QED) is 0.0427. The van der Waals surface area contributed by atoms with E-state index >= 15 is 0 Å². The number of unbranched alkanes of at least 4 members (excludes halogenated alkanes) is 1. The van der Waals surface area contributed by atoms with Gasteiger partial charge in [-0.15, -0.1) is 0 Å². The van der Waals surface area contributed by atoms with Crippen molar-refractivity contribution in [1.29, 1.82) is 0 Å². The van der Waals surface area contributed by atoms with Gasteiger partial charge >= 0.3 is 11.9 Å². The number of ether oxygens (including phenoxy) is 4. The van der Waals surface area contributed by atoms with Crippen molar-refractivity contribution in [3.63, 3.8) is 0 Å². The molecule has 0 aliphatic heterocycles. The lowest BCUT2D eigenvalue weighted by molar-refractivity contribution is -0.176. The molecule has 8 heteroatoms. The van der Waals surface area contributed by atoms with Crippen LogP contribution in [0.2, 0.25) is 5.04 Å². The van der Waals surface area contributed by atoms with Crippen LogP contribution in [-0.4, -0.2) is 45.9 Å². The van der Waals surface area contributed by atoms with E-state index in [2.05, 4.69) is 88.4 Å². The molecular weight excluding hydrogens is 669 g/mol. The maximum atomic E-state index is 12.0. The van der Waals surface area contributed by atoms with Crippen LogP contribution >= 0.6 is 0 Å². The van der Waals surface area contributed by atoms with Crippen molar-refractivity contribution in [2.24, 2.45) is 11.8 Å². The molecule has 0 spiro atoms. The Morgan fingerprint density at radius 3 is 1.98 bits per heavy atom. The van der Waals surface area contributed by atoms with Crippen molar-refractivity contribution in [1.82, 2.24) is 0 Å². The number of benzene rings is 3. The SMILES string of the molecule is COc1ccc(CO[C@@H](C)CCC/C=C/[C@@H]2CCC[C@H]2[C@@H](/C=C/C(OC(C)=O)OC(C)=O)O[Si](c2ccccc2)(c2ccccc2)C(C)(C)C)cc1. The van der Waals surface area contributed by atoms with Gasteiger partial charge < -0.3 is 23.4 Å². The van der Waals surface area contributed by atoms with Crippen LogP contribution in [0.3, 0.4) is 0 Å². The molecule has 1 saturated carbocycles. The van der Waals surface area contributed by atoms with Crippen LogP contribution in [0, 0.1) is 11.8 Å². The van der Waals surface area contributed by atoms with E-state index in [9.17, 15) is 9.59 Å². The molecule has 280 valence electrons. The third kappa shape index (κ3) is 11.5. The number of hydrogen-bond donors (Lipinski definition) is 0. The van der Waals surface area contributed by atoms with E-state index in [0.29, 0.717) is 12.5 Å². The minimum Gasteiger partial charge on any atom is -0.497 e. The molecule has 0 N–H and O–H groups in total. The number of esters is 2. The van der Waals surface area contributed by atoms with Gasteiger partial charge in [0.25, 0.3) is 14.6 Å². The van der Waals surface area contributed by atoms with Crippen molar-refractivity contribution in [3.8, 4) is 5.75 Å². The zero-order valence-corrected chi connectivity index (χ0v) is 33.1. The fourth-order valence-corrected chi connectivity index (χ4v) is 12.0. The van der Waals surface area contributed by atoms with Crippen LogP contribution in [0.15, 0.2) is 109 Å². The summed E-state index contributed by atoms with van der Waals surface area (Å²) < 4.78 is 29.9. The highest BCUT2D eigenvalue weighted by Crippen LogP contribution is 2.43. The Bertz CT molecular complexity index is 1520. The number of carbonyl (C=O) groups is 2. The fraction of sp³-hybridized carbons (Fsp3) is 0.455. The second kappa shape index (κ2) is 19.7. The topological polar surface area (TPSA) is 80.3 Å². The maximum Gasteiger partial charge on any atom is 0.305 e. The minimum atomic E-state index is -2.95. The molecule has 1 fully saturated rings. The number of carbonyl (C=O) groups excluding carboxylic acids is 2. The van der Waals surface area contributed by atoms with E-state index in [1.165, 1.54) is 24.2 Å². The highest BCUT2D eigenvalue weighted by atomic mass is 28.4. The lowest BCUT2D eigenvalue weighted by Crippen LogP contribution is -2.68. The summed E-state index contributed by atoms with van der Waals surface area (Å²) in [5.74, 6) is 0.275. The van der Waals surface area contributed by atoms with Crippen molar-refractivity contribution in [2.75, 3.05) is 7.11 Å². The molecule has 0 unspecified atom stereocenters. The Hall–Kier alpha value is -3.98. The molecule has 0 saturated heterocycles. The van der Waals surface area contributed by atoms with Crippen molar-refractivity contribution >= 4 is 30.6 Å². The monoisotopic (exact) mass is 726 g/mol. The molecule has 52 heavy (non-hydrogen) atoms. The second-order valence-corrected chi connectivity index (χ2v) is 19.1. The highest BCUT2D eigenvalue weighted by Gasteiger charge is 2.52. The average molecular weight is 727 g/mol. The number of hydrogen-bond acceptors (Lipinski definition) is 7. The fourth-order valence-electron chi connectivity index (χ4n) is 7.30. The number of rotatable bonds is 18. The second-order valence-electron chi connectivity index (χ2n) is 14.8. The predicted molar refractivity (Wildman–Crippen MR) is 210 cm³/mol.